The molecular formula is C14H14BrN3. The summed E-state index contributed by atoms with van der Waals surface area (Å²) in [6.07, 6.45) is 4.41. The summed E-state index contributed by atoms with van der Waals surface area (Å²) < 4.78 is 1.03. The first kappa shape index (κ1) is 11.8. The van der Waals surface area contributed by atoms with Crippen molar-refractivity contribution in [2.75, 3.05) is 0 Å². The Morgan fingerprint density at radius 2 is 2.06 bits per heavy atom. The van der Waals surface area contributed by atoms with Crippen LogP contribution in [0.25, 0.3) is 11.4 Å². The first-order valence-corrected chi connectivity index (χ1v) is 6.92. The number of nitrogens with one attached hydrogen (secondary N) is 1. The van der Waals surface area contributed by atoms with E-state index in [1.807, 2.05) is 36.5 Å². The van der Waals surface area contributed by atoms with Gasteiger partial charge in [0.05, 0.1) is 5.69 Å². The molecule has 0 unspecified atom stereocenters. The molecule has 0 spiro atoms. The van der Waals surface area contributed by atoms with E-state index >= 15 is 0 Å². The standard InChI is InChI=1S/C14H14BrN3/c15-13-4-2-1-3-12(13)14-16-8-7-11(18-14)9-17-10-5-6-10/h1-4,7-8,10,17H,5-6,9H2. The molecule has 18 heavy (non-hydrogen) atoms. The molecule has 1 heterocycles. The van der Waals surface area contributed by atoms with E-state index in [1.165, 1.54) is 12.8 Å². The molecule has 1 aromatic heterocycles. The molecule has 0 atom stereocenters. The summed E-state index contributed by atoms with van der Waals surface area (Å²) in [6.45, 7) is 0.824. The van der Waals surface area contributed by atoms with Crippen LogP contribution in [0.4, 0.5) is 0 Å². The third-order valence-corrected chi connectivity index (χ3v) is 3.67. The van der Waals surface area contributed by atoms with Crippen molar-refractivity contribution in [1.29, 1.82) is 0 Å². The van der Waals surface area contributed by atoms with Gasteiger partial charge in [-0.3, -0.25) is 0 Å². The Balaban J connectivity index is 1.83. The molecule has 92 valence electrons. The molecule has 0 amide bonds. The quantitative estimate of drug-likeness (QED) is 0.943. The summed E-state index contributed by atoms with van der Waals surface area (Å²) in [5.74, 6) is 0.776. The minimum atomic E-state index is 0.701. The molecule has 4 heteroatoms. The molecule has 2 aromatic rings. The lowest BCUT2D eigenvalue weighted by Gasteiger charge is -2.06. The number of aromatic nitrogens is 2. The van der Waals surface area contributed by atoms with Gasteiger partial charge in [0.25, 0.3) is 0 Å². The van der Waals surface area contributed by atoms with Gasteiger partial charge in [0.1, 0.15) is 0 Å². The van der Waals surface area contributed by atoms with Crippen LogP contribution >= 0.6 is 15.9 Å². The van der Waals surface area contributed by atoms with Gasteiger partial charge in [-0.05, 0) is 25.0 Å². The fourth-order valence-electron chi connectivity index (χ4n) is 1.80. The van der Waals surface area contributed by atoms with Gasteiger partial charge >= 0.3 is 0 Å². The number of halogens is 1. The number of hydrogen-bond acceptors (Lipinski definition) is 3. The minimum Gasteiger partial charge on any atom is -0.308 e. The average molecular weight is 304 g/mol. The highest BCUT2D eigenvalue weighted by Gasteiger charge is 2.20. The van der Waals surface area contributed by atoms with Crippen molar-refractivity contribution in [2.24, 2.45) is 0 Å². The molecule has 3 rings (SSSR count). The summed E-state index contributed by atoms with van der Waals surface area (Å²) in [4.78, 5) is 8.94. The third kappa shape index (κ3) is 2.76. The van der Waals surface area contributed by atoms with Crippen LogP contribution in [-0.2, 0) is 6.54 Å². The monoisotopic (exact) mass is 303 g/mol. The molecular weight excluding hydrogens is 290 g/mol. The van der Waals surface area contributed by atoms with Crippen molar-refractivity contribution in [3.8, 4) is 11.4 Å². The van der Waals surface area contributed by atoms with Gasteiger partial charge in [0.2, 0.25) is 0 Å². The van der Waals surface area contributed by atoms with Gasteiger partial charge in [0, 0.05) is 28.8 Å². The summed E-state index contributed by atoms with van der Waals surface area (Å²) in [7, 11) is 0. The van der Waals surface area contributed by atoms with Gasteiger partial charge in [-0.2, -0.15) is 0 Å². The van der Waals surface area contributed by atoms with Gasteiger partial charge in [-0.25, -0.2) is 9.97 Å². The first-order valence-electron chi connectivity index (χ1n) is 6.13. The van der Waals surface area contributed by atoms with E-state index in [0.29, 0.717) is 6.04 Å². The van der Waals surface area contributed by atoms with Crippen LogP contribution in [0.15, 0.2) is 41.0 Å². The summed E-state index contributed by atoms with van der Waals surface area (Å²) in [5.41, 5.74) is 2.08. The maximum Gasteiger partial charge on any atom is 0.160 e. The molecule has 1 aliphatic carbocycles. The van der Waals surface area contributed by atoms with Crippen LogP contribution in [0.5, 0.6) is 0 Å². The van der Waals surface area contributed by atoms with E-state index in [4.69, 9.17) is 0 Å². The van der Waals surface area contributed by atoms with Crippen LogP contribution in [-0.4, -0.2) is 16.0 Å². The van der Waals surface area contributed by atoms with Crippen molar-refractivity contribution in [2.45, 2.75) is 25.4 Å². The Kier molecular flexibility index (Phi) is 3.39. The van der Waals surface area contributed by atoms with Crippen molar-refractivity contribution >= 4 is 15.9 Å². The number of hydrogen-bond donors (Lipinski definition) is 1. The predicted molar refractivity (Wildman–Crippen MR) is 75.0 cm³/mol. The van der Waals surface area contributed by atoms with E-state index in [1.54, 1.807) is 0 Å². The topological polar surface area (TPSA) is 37.8 Å². The second-order valence-corrected chi connectivity index (χ2v) is 5.36. The average Bonchev–Trinajstić information content (AvgIpc) is 3.21. The maximum atomic E-state index is 4.60. The highest BCUT2D eigenvalue weighted by atomic mass is 79.9. The third-order valence-electron chi connectivity index (χ3n) is 2.98. The van der Waals surface area contributed by atoms with Gasteiger partial charge in [0.15, 0.2) is 5.82 Å². The molecule has 1 aromatic carbocycles. The van der Waals surface area contributed by atoms with Crippen LogP contribution in [0.1, 0.15) is 18.5 Å². The molecule has 0 saturated heterocycles. The highest BCUT2D eigenvalue weighted by Crippen LogP contribution is 2.25. The fourth-order valence-corrected chi connectivity index (χ4v) is 2.27. The number of rotatable bonds is 4. The molecule has 1 fully saturated rings. The number of nitrogens with zero attached hydrogens (tertiary/aromatic N) is 2. The lowest BCUT2D eigenvalue weighted by molar-refractivity contribution is 0.673. The molecule has 0 radical (unpaired) electrons. The summed E-state index contributed by atoms with van der Waals surface area (Å²) >= 11 is 3.53. The Hall–Kier alpha value is -1.26. The van der Waals surface area contributed by atoms with Crippen LogP contribution in [0, 0.1) is 0 Å². The summed E-state index contributed by atoms with van der Waals surface area (Å²) in [5, 5.41) is 3.46. The van der Waals surface area contributed by atoms with Gasteiger partial charge in [-0.15, -0.1) is 0 Å². The Labute approximate surface area is 115 Å². The maximum absolute atomic E-state index is 4.60. The predicted octanol–water partition coefficient (Wildman–Crippen LogP) is 3.16. The lowest BCUT2D eigenvalue weighted by atomic mass is 10.2. The van der Waals surface area contributed by atoms with Crippen molar-refractivity contribution in [3.63, 3.8) is 0 Å². The van der Waals surface area contributed by atoms with Crippen LogP contribution in [0.2, 0.25) is 0 Å². The zero-order chi connectivity index (χ0) is 12.4. The van der Waals surface area contributed by atoms with Crippen molar-refractivity contribution in [3.05, 3.63) is 46.7 Å². The zero-order valence-corrected chi connectivity index (χ0v) is 11.5. The minimum absolute atomic E-state index is 0.701. The lowest BCUT2D eigenvalue weighted by Crippen LogP contribution is -2.16. The SMILES string of the molecule is Brc1ccccc1-c1nccc(CNC2CC2)n1. The Morgan fingerprint density at radius 3 is 2.83 bits per heavy atom. The Bertz CT molecular complexity index is 552. The largest absolute Gasteiger partial charge is 0.308 e. The molecule has 0 aliphatic heterocycles. The van der Waals surface area contributed by atoms with E-state index in [9.17, 15) is 0 Å². The molecule has 3 nitrogen and oxygen atoms in total. The fraction of sp³-hybridized carbons (Fsp3) is 0.286. The molecule has 1 N–H and O–H groups in total. The van der Waals surface area contributed by atoms with Crippen LogP contribution < -0.4 is 5.32 Å². The molecule has 0 bridgehead atoms. The van der Waals surface area contributed by atoms with E-state index in [0.717, 1.165) is 28.1 Å². The van der Waals surface area contributed by atoms with Crippen molar-refractivity contribution < 1.29 is 0 Å². The Morgan fingerprint density at radius 1 is 1.22 bits per heavy atom. The summed E-state index contributed by atoms with van der Waals surface area (Å²) in [6, 6.07) is 10.7. The second-order valence-electron chi connectivity index (χ2n) is 4.51. The molecule has 1 aliphatic rings. The highest BCUT2D eigenvalue weighted by molar-refractivity contribution is 9.10. The zero-order valence-electron chi connectivity index (χ0n) is 9.94. The van der Waals surface area contributed by atoms with E-state index in [2.05, 4.69) is 31.2 Å². The smallest absolute Gasteiger partial charge is 0.160 e. The normalized spacial score (nSPS) is 14.7. The number of benzene rings is 1. The van der Waals surface area contributed by atoms with Gasteiger partial charge < -0.3 is 5.32 Å². The van der Waals surface area contributed by atoms with E-state index in [-0.39, 0.29) is 0 Å². The molecule has 1 saturated carbocycles. The van der Waals surface area contributed by atoms with Crippen molar-refractivity contribution in [1.82, 2.24) is 15.3 Å². The van der Waals surface area contributed by atoms with E-state index < -0.39 is 0 Å². The van der Waals surface area contributed by atoms with Crippen LogP contribution in [0.3, 0.4) is 0 Å². The first-order chi connectivity index (χ1) is 8.83. The second kappa shape index (κ2) is 5.16. The van der Waals surface area contributed by atoms with Gasteiger partial charge in [-0.1, -0.05) is 34.1 Å².